The molecular weight excluding hydrogens is 281 g/mol. The van der Waals surface area contributed by atoms with Gasteiger partial charge in [-0.3, -0.25) is 0 Å². The van der Waals surface area contributed by atoms with E-state index in [0.29, 0.717) is 10.0 Å². The average molecular weight is 292 g/mol. The third-order valence-electron chi connectivity index (χ3n) is 2.97. The first kappa shape index (κ1) is 12.3. The Morgan fingerprint density at radius 3 is 2.42 bits per heavy atom. The number of halogens is 2. The summed E-state index contributed by atoms with van der Waals surface area (Å²) in [6.07, 6.45) is 0. The van der Waals surface area contributed by atoms with Crippen LogP contribution in [0.1, 0.15) is 0 Å². The minimum absolute atomic E-state index is 0.512. The summed E-state index contributed by atoms with van der Waals surface area (Å²) >= 11 is 12.0. The molecule has 3 nitrogen and oxygen atoms in total. The number of hydrogen-bond acceptors (Lipinski definition) is 2. The number of nitrogens with zero attached hydrogens (tertiary/aromatic N) is 1. The summed E-state index contributed by atoms with van der Waals surface area (Å²) in [7, 11) is 1.89. The van der Waals surface area contributed by atoms with Gasteiger partial charge in [0.2, 0.25) is 0 Å². The molecule has 0 atom stereocenters. The number of hydrogen-bond donors (Lipinski definition) is 2. The zero-order valence-corrected chi connectivity index (χ0v) is 11.7. The van der Waals surface area contributed by atoms with Gasteiger partial charge in [0.1, 0.15) is 5.82 Å². The van der Waals surface area contributed by atoms with Gasteiger partial charge in [-0.25, -0.2) is 4.98 Å². The highest BCUT2D eigenvalue weighted by Crippen LogP contribution is 2.29. The summed E-state index contributed by atoms with van der Waals surface area (Å²) in [5.41, 5.74) is 3.76. The highest BCUT2D eigenvalue weighted by molar-refractivity contribution is 6.42. The molecule has 5 heteroatoms. The van der Waals surface area contributed by atoms with Crippen LogP contribution in [-0.4, -0.2) is 17.0 Å². The maximum Gasteiger partial charge on any atom is 0.138 e. The Balaban J connectivity index is 2.09. The molecule has 0 aliphatic carbocycles. The van der Waals surface area contributed by atoms with Crippen molar-refractivity contribution in [3.05, 3.63) is 46.4 Å². The molecule has 0 saturated carbocycles. The standard InChI is InChI=1S/C14H11Cl2N3/c1-17-9-4-2-8(3-5-9)14-18-12-6-10(15)11(16)7-13(12)19-14/h2-7,17H,1H3,(H,18,19). The van der Waals surface area contributed by atoms with Crippen LogP contribution in [0, 0.1) is 0 Å². The van der Waals surface area contributed by atoms with Crippen LogP contribution in [0.2, 0.25) is 10.0 Å². The lowest BCUT2D eigenvalue weighted by atomic mass is 10.2. The summed E-state index contributed by atoms with van der Waals surface area (Å²) in [5.74, 6) is 0.802. The fraction of sp³-hybridized carbons (Fsp3) is 0.0714. The van der Waals surface area contributed by atoms with Crippen molar-refractivity contribution in [3.8, 4) is 11.4 Å². The molecule has 3 aromatic rings. The Kier molecular flexibility index (Phi) is 3.09. The maximum absolute atomic E-state index is 5.99. The Bertz CT molecular complexity index is 693. The third-order valence-corrected chi connectivity index (χ3v) is 3.69. The van der Waals surface area contributed by atoms with Crippen molar-refractivity contribution >= 4 is 39.9 Å². The molecule has 2 N–H and O–H groups in total. The lowest BCUT2D eigenvalue weighted by Gasteiger charge is -2.00. The Morgan fingerprint density at radius 1 is 1.05 bits per heavy atom. The lowest BCUT2D eigenvalue weighted by molar-refractivity contribution is 1.33. The summed E-state index contributed by atoms with van der Waals surface area (Å²) in [6, 6.07) is 11.6. The topological polar surface area (TPSA) is 40.7 Å². The van der Waals surface area contributed by atoms with Crippen LogP contribution in [-0.2, 0) is 0 Å². The number of H-pyrrole nitrogens is 1. The number of imidazole rings is 1. The molecule has 0 saturated heterocycles. The first-order chi connectivity index (χ1) is 9.17. The minimum atomic E-state index is 0.512. The van der Waals surface area contributed by atoms with E-state index in [1.54, 1.807) is 12.1 Å². The van der Waals surface area contributed by atoms with Gasteiger partial charge in [0.25, 0.3) is 0 Å². The van der Waals surface area contributed by atoms with Gasteiger partial charge in [-0.2, -0.15) is 0 Å². The Hall–Kier alpha value is -1.71. The lowest BCUT2D eigenvalue weighted by Crippen LogP contribution is -1.87. The molecule has 0 aliphatic rings. The predicted octanol–water partition coefficient (Wildman–Crippen LogP) is 4.58. The predicted molar refractivity (Wildman–Crippen MR) is 81.1 cm³/mol. The quantitative estimate of drug-likeness (QED) is 0.726. The molecular formula is C14H11Cl2N3. The van der Waals surface area contributed by atoms with Gasteiger partial charge in [0, 0.05) is 18.3 Å². The number of anilines is 1. The van der Waals surface area contributed by atoms with Gasteiger partial charge < -0.3 is 10.3 Å². The molecule has 19 heavy (non-hydrogen) atoms. The monoisotopic (exact) mass is 291 g/mol. The summed E-state index contributed by atoms with van der Waals surface area (Å²) in [5, 5.41) is 4.12. The van der Waals surface area contributed by atoms with Gasteiger partial charge in [0.15, 0.2) is 0 Å². The van der Waals surface area contributed by atoms with E-state index in [2.05, 4.69) is 15.3 Å². The number of aromatic nitrogens is 2. The van der Waals surface area contributed by atoms with Gasteiger partial charge in [-0.05, 0) is 36.4 Å². The van der Waals surface area contributed by atoms with Crippen molar-refractivity contribution in [1.29, 1.82) is 0 Å². The molecule has 0 spiro atoms. The van der Waals surface area contributed by atoms with Crippen molar-refractivity contribution < 1.29 is 0 Å². The molecule has 2 aromatic carbocycles. The van der Waals surface area contributed by atoms with Crippen LogP contribution in [0.15, 0.2) is 36.4 Å². The van der Waals surface area contributed by atoms with Crippen LogP contribution in [0.25, 0.3) is 22.4 Å². The first-order valence-corrected chi connectivity index (χ1v) is 6.56. The summed E-state index contributed by atoms with van der Waals surface area (Å²) < 4.78 is 0. The molecule has 0 aliphatic heterocycles. The first-order valence-electron chi connectivity index (χ1n) is 5.80. The van der Waals surface area contributed by atoms with Gasteiger partial charge in [0.05, 0.1) is 21.1 Å². The molecule has 1 heterocycles. The zero-order valence-electron chi connectivity index (χ0n) is 10.2. The van der Waals surface area contributed by atoms with Gasteiger partial charge in [-0.15, -0.1) is 0 Å². The van der Waals surface area contributed by atoms with E-state index in [9.17, 15) is 0 Å². The van der Waals surface area contributed by atoms with Crippen LogP contribution in [0.5, 0.6) is 0 Å². The zero-order chi connectivity index (χ0) is 13.4. The van der Waals surface area contributed by atoms with E-state index in [1.165, 1.54) is 0 Å². The molecule has 3 rings (SSSR count). The maximum atomic E-state index is 5.99. The number of aromatic amines is 1. The normalized spacial score (nSPS) is 10.9. The fourth-order valence-corrected chi connectivity index (χ4v) is 2.26. The molecule has 0 fully saturated rings. The van der Waals surface area contributed by atoms with Gasteiger partial charge in [-0.1, -0.05) is 23.2 Å². The second-order valence-corrected chi connectivity index (χ2v) is 5.01. The SMILES string of the molecule is CNc1ccc(-c2nc3cc(Cl)c(Cl)cc3[nH]2)cc1. The minimum Gasteiger partial charge on any atom is -0.388 e. The molecule has 0 radical (unpaired) electrons. The molecule has 0 amide bonds. The van der Waals surface area contributed by atoms with Crippen molar-refractivity contribution in [1.82, 2.24) is 9.97 Å². The Labute approximate surface area is 120 Å². The summed E-state index contributed by atoms with van der Waals surface area (Å²) in [6.45, 7) is 0. The largest absolute Gasteiger partial charge is 0.388 e. The summed E-state index contributed by atoms with van der Waals surface area (Å²) in [4.78, 5) is 7.76. The van der Waals surface area contributed by atoms with Crippen LogP contribution in [0.4, 0.5) is 5.69 Å². The van der Waals surface area contributed by atoms with E-state index < -0.39 is 0 Å². The smallest absolute Gasteiger partial charge is 0.138 e. The van der Waals surface area contributed by atoms with Crippen molar-refractivity contribution in [3.63, 3.8) is 0 Å². The Morgan fingerprint density at radius 2 is 1.74 bits per heavy atom. The molecule has 0 unspecified atom stereocenters. The van der Waals surface area contributed by atoms with E-state index in [4.69, 9.17) is 23.2 Å². The average Bonchev–Trinajstić information content (AvgIpc) is 2.82. The number of nitrogens with one attached hydrogen (secondary N) is 2. The molecule has 1 aromatic heterocycles. The van der Waals surface area contributed by atoms with Crippen LogP contribution >= 0.6 is 23.2 Å². The second-order valence-electron chi connectivity index (χ2n) is 4.20. The van der Waals surface area contributed by atoms with E-state index in [0.717, 1.165) is 28.1 Å². The number of rotatable bonds is 2. The van der Waals surface area contributed by atoms with E-state index in [-0.39, 0.29) is 0 Å². The van der Waals surface area contributed by atoms with Crippen LogP contribution in [0.3, 0.4) is 0 Å². The molecule has 0 bridgehead atoms. The van der Waals surface area contributed by atoms with E-state index >= 15 is 0 Å². The van der Waals surface area contributed by atoms with Crippen molar-refractivity contribution in [2.24, 2.45) is 0 Å². The number of benzene rings is 2. The second kappa shape index (κ2) is 4.76. The number of fused-ring (bicyclic) bond motifs is 1. The highest BCUT2D eigenvalue weighted by atomic mass is 35.5. The third kappa shape index (κ3) is 2.27. The highest BCUT2D eigenvalue weighted by Gasteiger charge is 2.08. The van der Waals surface area contributed by atoms with Gasteiger partial charge >= 0.3 is 0 Å². The van der Waals surface area contributed by atoms with Crippen molar-refractivity contribution in [2.75, 3.05) is 12.4 Å². The van der Waals surface area contributed by atoms with E-state index in [1.807, 2.05) is 31.3 Å². The molecule has 96 valence electrons. The van der Waals surface area contributed by atoms with Crippen LogP contribution < -0.4 is 5.32 Å². The van der Waals surface area contributed by atoms with Crippen molar-refractivity contribution in [2.45, 2.75) is 0 Å². The fourth-order valence-electron chi connectivity index (χ4n) is 1.94.